The first kappa shape index (κ1) is 11.1. The summed E-state index contributed by atoms with van der Waals surface area (Å²) in [6, 6.07) is 5.30. The van der Waals surface area contributed by atoms with Crippen LogP contribution in [0.5, 0.6) is 0 Å². The molecule has 1 N–H and O–H groups in total. The number of pyridine rings is 1. The molecule has 77 valence electrons. The molecule has 0 atom stereocenters. The van der Waals surface area contributed by atoms with Crippen molar-refractivity contribution in [2.24, 2.45) is 0 Å². The lowest BCUT2D eigenvalue weighted by Crippen LogP contribution is -2.22. The lowest BCUT2D eigenvalue weighted by atomic mass is 10.3. The van der Waals surface area contributed by atoms with Gasteiger partial charge < -0.3 is 5.32 Å². The van der Waals surface area contributed by atoms with Gasteiger partial charge in [-0.1, -0.05) is 13.0 Å². The van der Waals surface area contributed by atoms with Crippen LogP contribution in [0, 0.1) is 0 Å². The third-order valence-electron chi connectivity index (χ3n) is 1.69. The molecule has 4 nitrogen and oxygen atoms in total. The van der Waals surface area contributed by atoms with E-state index in [-0.39, 0.29) is 11.6 Å². The van der Waals surface area contributed by atoms with Gasteiger partial charge in [0.2, 0.25) is 5.91 Å². The highest BCUT2D eigenvalue weighted by Gasteiger charge is 2.02. The highest BCUT2D eigenvalue weighted by molar-refractivity contribution is 5.89. The van der Waals surface area contributed by atoms with Crippen LogP contribution in [0.2, 0.25) is 0 Å². The predicted octanol–water partition coefficient (Wildman–Crippen LogP) is 1.06. The molecule has 0 unspecified atom stereocenters. The van der Waals surface area contributed by atoms with Crippen LogP contribution < -0.4 is 5.32 Å². The summed E-state index contributed by atoms with van der Waals surface area (Å²) in [5, 5.41) is 2.42. The Kier molecular flexibility index (Phi) is 4.22. The first-order valence-electron chi connectivity index (χ1n) is 4.57. The molecule has 0 bridgehead atoms. The van der Waals surface area contributed by atoms with Crippen LogP contribution in [0.4, 0.5) is 0 Å². The van der Waals surface area contributed by atoms with Gasteiger partial charge in [-0.3, -0.25) is 14.6 Å². The monoisotopic (exact) mass is 203 g/mol. The molecule has 0 spiro atoms. The molecule has 0 aromatic carbocycles. The van der Waals surface area contributed by atoms with Crippen LogP contribution in [-0.4, -0.2) is 17.2 Å². The first-order chi connectivity index (χ1) is 7.26. The Bertz CT molecular complexity index is 371. The van der Waals surface area contributed by atoms with Crippen molar-refractivity contribution in [1.82, 2.24) is 10.3 Å². The van der Waals surface area contributed by atoms with Crippen molar-refractivity contribution in [3.63, 3.8) is 0 Å². The van der Waals surface area contributed by atoms with Crippen molar-refractivity contribution in [2.45, 2.75) is 13.3 Å². The topological polar surface area (TPSA) is 59.1 Å². The number of hydrogen-bond acceptors (Lipinski definition) is 3. The second kappa shape index (κ2) is 5.70. The molecule has 4 heteroatoms. The van der Waals surface area contributed by atoms with Gasteiger partial charge in [0.05, 0.1) is 11.4 Å². The maximum atomic E-state index is 11.0. The van der Waals surface area contributed by atoms with Crippen molar-refractivity contribution in [2.75, 3.05) is 0 Å². The van der Waals surface area contributed by atoms with E-state index >= 15 is 0 Å². The summed E-state index contributed by atoms with van der Waals surface area (Å²) in [4.78, 5) is 25.5. The van der Waals surface area contributed by atoms with E-state index in [2.05, 4.69) is 10.3 Å². The molecule has 1 heterocycles. The van der Waals surface area contributed by atoms with Crippen LogP contribution >= 0.6 is 0 Å². The molecule has 0 saturated heterocycles. The molecular formula is C11H11N2O2. The first-order valence-corrected chi connectivity index (χ1v) is 4.57. The highest BCUT2D eigenvalue weighted by Crippen LogP contribution is 1.99. The quantitative estimate of drug-likeness (QED) is 0.744. The number of amides is 1. The van der Waals surface area contributed by atoms with Gasteiger partial charge in [-0.05, 0) is 18.2 Å². The Labute approximate surface area is 88.0 Å². The van der Waals surface area contributed by atoms with E-state index in [1.165, 1.54) is 6.08 Å². The molecular weight excluding hydrogens is 192 g/mol. The zero-order chi connectivity index (χ0) is 11.1. The SMILES string of the molecule is CCC(=O)NC([C]=O)=Cc1ccccn1. The van der Waals surface area contributed by atoms with E-state index in [0.29, 0.717) is 12.1 Å². The Hall–Kier alpha value is -1.97. The lowest BCUT2D eigenvalue weighted by Gasteiger charge is -2.00. The van der Waals surface area contributed by atoms with E-state index < -0.39 is 0 Å². The van der Waals surface area contributed by atoms with Gasteiger partial charge in [0.1, 0.15) is 0 Å². The fourth-order valence-electron chi connectivity index (χ4n) is 0.939. The average molecular weight is 203 g/mol. The van der Waals surface area contributed by atoms with E-state index in [1.807, 2.05) is 0 Å². The smallest absolute Gasteiger partial charge is 0.251 e. The fraction of sp³-hybridized carbons (Fsp3) is 0.182. The second-order valence-electron chi connectivity index (χ2n) is 2.82. The number of aromatic nitrogens is 1. The van der Waals surface area contributed by atoms with Crippen LogP contribution in [0.15, 0.2) is 30.1 Å². The van der Waals surface area contributed by atoms with Gasteiger partial charge in [-0.2, -0.15) is 0 Å². The minimum Gasteiger partial charge on any atom is -0.323 e. The summed E-state index contributed by atoms with van der Waals surface area (Å²) >= 11 is 0. The van der Waals surface area contributed by atoms with Gasteiger partial charge in [-0.15, -0.1) is 0 Å². The number of allylic oxidation sites excluding steroid dienone is 1. The summed E-state index contributed by atoms with van der Waals surface area (Å²) < 4.78 is 0. The van der Waals surface area contributed by atoms with Crippen molar-refractivity contribution < 1.29 is 9.59 Å². The van der Waals surface area contributed by atoms with Gasteiger partial charge in [-0.25, -0.2) is 0 Å². The maximum Gasteiger partial charge on any atom is 0.251 e. The molecule has 0 aliphatic carbocycles. The summed E-state index contributed by atoms with van der Waals surface area (Å²) in [5.74, 6) is -0.222. The van der Waals surface area contributed by atoms with Crippen LogP contribution in [0.25, 0.3) is 6.08 Å². The van der Waals surface area contributed by atoms with Crippen molar-refractivity contribution in [1.29, 1.82) is 0 Å². The number of hydrogen-bond donors (Lipinski definition) is 1. The van der Waals surface area contributed by atoms with Gasteiger partial charge in [0.25, 0.3) is 6.29 Å². The lowest BCUT2D eigenvalue weighted by molar-refractivity contribution is -0.119. The molecule has 1 radical (unpaired) electrons. The van der Waals surface area contributed by atoms with Crippen LogP contribution in [0.3, 0.4) is 0 Å². The van der Waals surface area contributed by atoms with E-state index in [9.17, 15) is 9.59 Å². The minimum atomic E-state index is -0.222. The zero-order valence-electron chi connectivity index (χ0n) is 8.36. The third-order valence-corrected chi connectivity index (χ3v) is 1.69. The van der Waals surface area contributed by atoms with E-state index in [0.717, 1.165) is 0 Å². The second-order valence-corrected chi connectivity index (χ2v) is 2.82. The number of rotatable bonds is 4. The van der Waals surface area contributed by atoms with Crippen LogP contribution in [0.1, 0.15) is 19.0 Å². The van der Waals surface area contributed by atoms with E-state index in [4.69, 9.17) is 0 Å². The van der Waals surface area contributed by atoms with Gasteiger partial charge in [0.15, 0.2) is 0 Å². The molecule has 1 amide bonds. The zero-order valence-corrected chi connectivity index (χ0v) is 8.36. The number of carbonyl (C=O) groups excluding carboxylic acids is 2. The third kappa shape index (κ3) is 3.72. The van der Waals surface area contributed by atoms with Gasteiger partial charge in [0, 0.05) is 12.6 Å². The van der Waals surface area contributed by atoms with Crippen molar-refractivity contribution >= 4 is 18.3 Å². The minimum absolute atomic E-state index is 0.0977. The molecule has 0 aliphatic rings. The summed E-state index contributed by atoms with van der Waals surface area (Å²) in [6.45, 7) is 1.71. The normalized spacial score (nSPS) is 10.9. The molecule has 1 aromatic heterocycles. The molecule has 0 fully saturated rings. The largest absolute Gasteiger partial charge is 0.323 e. The maximum absolute atomic E-state index is 11.0. The molecule has 1 rings (SSSR count). The summed E-state index contributed by atoms with van der Waals surface area (Å²) in [6.07, 6.45) is 5.06. The van der Waals surface area contributed by atoms with E-state index in [1.54, 1.807) is 37.6 Å². The highest BCUT2D eigenvalue weighted by atomic mass is 16.2. The Morgan fingerprint density at radius 1 is 1.60 bits per heavy atom. The standard InChI is InChI=1S/C11H11N2O2/c1-2-11(15)13-10(8-14)7-9-5-3-4-6-12-9/h3-7H,2H2,1H3,(H,13,15). The number of nitrogens with one attached hydrogen (secondary N) is 1. The Balaban J connectivity index is 2.79. The Morgan fingerprint density at radius 2 is 2.40 bits per heavy atom. The van der Waals surface area contributed by atoms with Crippen molar-refractivity contribution in [3.8, 4) is 0 Å². The number of nitrogens with zero attached hydrogens (tertiary/aromatic N) is 1. The molecule has 1 aromatic rings. The van der Waals surface area contributed by atoms with Gasteiger partial charge >= 0.3 is 0 Å². The Morgan fingerprint density at radius 3 is 2.93 bits per heavy atom. The number of carbonyl (C=O) groups is 1. The molecule has 0 aliphatic heterocycles. The fourth-order valence-corrected chi connectivity index (χ4v) is 0.939. The molecule has 15 heavy (non-hydrogen) atoms. The van der Waals surface area contributed by atoms with Crippen LogP contribution in [-0.2, 0) is 9.59 Å². The average Bonchev–Trinajstić information content (AvgIpc) is 2.29. The summed E-state index contributed by atoms with van der Waals surface area (Å²) in [7, 11) is 0. The molecule has 0 saturated carbocycles. The predicted molar refractivity (Wildman–Crippen MR) is 56.3 cm³/mol. The van der Waals surface area contributed by atoms with Crippen molar-refractivity contribution in [3.05, 3.63) is 35.8 Å². The summed E-state index contributed by atoms with van der Waals surface area (Å²) in [5.41, 5.74) is 0.702.